The molecular formula is C58H37NS2. The lowest BCUT2D eigenvalue weighted by atomic mass is 9.97. The third-order valence-corrected chi connectivity index (χ3v) is 14.4. The van der Waals surface area contributed by atoms with Crippen LogP contribution in [0.3, 0.4) is 0 Å². The Morgan fingerprint density at radius 1 is 0.279 bits per heavy atom. The van der Waals surface area contributed by atoms with Crippen LogP contribution in [0, 0.1) is 0 Å². The van der Waals surface area contributed by atoms with Gasteiger partial charge in [-0.15, -0.1) is 22.7 Å². The minimum Gasteiger partial charge on any atom is -0.310 e. The van der Waals surface area contributed by atoms with Crippen LogP contribution in [0.5, 0.6) is 0 Å². The van der Waals surface area contributed by atoms with Crippen molar-refractivity contribution in [3.63, 3.8) is 0 Å². The normalized spacial score (nSPS) is 11.6. The topological polar surface area (TPSA) is 3.24 Å². The molecule has 0 fully saturated rings. The molecule has 12 rings (SSSR count). The van der Waals surface area contributed by atoms with Gasteiger partial charge in [0.1, 0.15) is 0 Å². The molecular weight excluding hydrogens is 775 g/mol. The molecule has 1 nitrogen and oxygen atoms in total. The maximum absolute atomic E-state index is 2.39. The van der Waals surface area contributed by atoms with Gasteiger partial charge in [0, 0.05) is 57.4 Å². The van der Waals surface area contributed by atoms with Crippen LogP contribution in [0.1, 0.15) is 0 Å². The summed E-state index contributed by atoms with van der Waals surface area (Å²) in [5.41, 5.74) is 13.1. The molecule has 0 bridgehead atoms. The number of thiophene rings is 2. The second kappa shape index (κ2) is 14.8. The van der Waals surface area contributed by atoms with E-state index in [-0.39, 0.29) is 0 Å². The Hall–Kier alpha value is -7.30. The van der Waals surface area contributed by atoms with Gasteiger partial charge in [0.2, 0.25) is 0 Å². The largest absolute Gasteiger partial charge is 0.310 e. The highest BCUT2D eigenvalue weighted by atomic mass is 32.1. The summed E-state index contributed by atoms with van der Waals surface area (Å²) in [7, 11) is 0. The first-order valence-electron chi connectivity index (χ1n) is 20.7. The van der Waals surface area contributed by atoms with Crippen LogP contribution < -0.4 is 4.90 Å². The van der Waals surface area contributed by atoms with Crippen molar-refractivity contribution in [1.82, 2.24) is 0 Å². The molecule has 10 aromatic carbocycles. The number of fused-ring (bicyclic) bond motifs is 7. The third kappa shape index (κ3) is 6.29. The molecule has 0 aliphatic carbocycles. The number of hydrogen-bond acceptors (Lipinski definition) is 3. The van der Waals surface area contributed by atoms with Crippen LogP contribution in [0.4, 0.5) is 17.1 Å². The monoisotopic (exact) mass is 811 g/mol. The molecule has 0 saturated heterocycles. The van der Waals surface area contributed by atoms with E-state index in [1.807, 2.05) is 22.7 Å². The van der Waals surface area contributed by atoms with Gasteiger partial charge in [0.15, 0.2) is 0 Å². The van der Waals surface area contributed by atoms with E-state index in [4.69, 9.17) is 0 Å². The molecule has 12 aromatic rings. The SMILES string of the molecule is c1cc(-c2cccc(N(c3ccc(-c4ccc5ccccc5c4)cc3)c3ccc(-c4cccc5sc6ccccc6c45)cc3)c2)cc(-c2cccc3c2sc2ccccc23)c1. The van der Waals surface area contributed by atoms with Crippen LogP contribution in [0.15, 0.2) is 224 Å². The van der Waals surface area contributed by atoms with Crippen molar-refractivity contribution < 1.29 is 0 Å². The Kier molecular flexibility index (Phi) is 8.62. The van der Waals surface area contributed by atoms with Gasteiger partial charge < -0.3 is 4.90 Å². The van der Waals surface area contributed by atoms with Gasteiger partial charge in [-0.2, -0.15) is 0 Å². The zero-order valence-corrected chi connectivity index (χ0v) is 34.8. The Morgan fingerprint density at radius 2 is 0.836 bits per heavy atom. The fourth-order valence-electron chi connectivity index (χ4n) is 9.09. The van der Waals surface area contributed by atoms with Crippen molar-refractivity contribution >= 4 is 90.9 Å². The number of hydrogen-bond donors (Lipinski definition) is 0. The molecule has 0 N–H and O–H groups in total. The molecule has 0 saturated carbocycles. The average molecular weight is 812 g/mol. The lowest BCUT2D eigenvalue weighted by Crippen LogP contribution is -2.10. The number of nitrogens with zero attached hydrogens (tertiary/aromatic N) is 1. The zero-order chi connectivity index (χ0) is 40.3. The van der Waals surface area contributed by atoms with E-state index in [9.17, 15) is 0 Å². The summed E-state index contributed by atoms with van der Waals surface area (Å²) in [6, 6.07) is 82.4. The van der Waals surface area contributed by atoms with E-state index < -0.39 is 0 Å². The average Bonchev–Trinajstić information content (AvgIpc) is 3.91. The molecule has 61 heavy (non-hydrogen) atoms. The van der Waals surface area contributed by atoms with E-state index in [1.54, 1.807) is 0 Å². The molecule has 0 amide bonds. The molecule has 0 spiro atoms. The highest BCUT2D eigenvalue weighted by Crippen LogP contribution is 2.44. The minimum atomic E-state index is 1.10. The first-order chi connectivity index (χ1) is 30.2. The summed E-state index contributed by atoms with van der Waals surface area (Å²) >= 11 is 3.75. The van der Waals surface area contributed by atoms with Gasteiger partial charge >= 0.3 is 0 Å². The van der Waals surface area contributed by atoms with Crippen molar-refractivity contribution in [2.45, 2.75) is 0 Å². The van der Waals surface area contributed by atoms with E-state index >= 15 is 0 Å². The van der Waals surface area contributed by atoms with Gasteiger partial charge in [0.05, 0.1) is 0 Å². The first-order valence-corrected chi connectivity index (χ1v) is 22.4. The van der Waals surface area contributed by atoms with Crippen molar-refractivity contribution in [3.8, 4) is 44.5 Å². The fraction of sp³-hybridized carbons (Fsp3) is 0. The fourth-order valence-corrected chi connectivity index (χ4v) is 11.5. The summed E-state index contributed by atoms with van der Waals surface area (Å²) in [6.07, 6.45) is 0. The van der Waals surface area contributed by atoms with Crippen LogP contribution in [-0.4, -0.2) is 0 Å². The van der Waals surface area contributed by atoms with Crippen LogP contribution in [0.2, 0.25) is 0 Å². The Balaban J connectivity index is 0.952. The van der Waals surface area contributed by atoms with E-state index in [2.05, 4.69) is 229 Å². The Morgan fingerprint density at radius 3 is 1.66 bits per heavy atom. The summed E-state index contributed by atoms with van der Waals surface area (Å²) in [6.45, 7) is 0. The molecule has 2 heterocycles. The molecule has 0 atom stereocenters. The molecule has 286 valence electrons. The first kappa shape index (κ1) is 35.6. The Bertz CT molecular complexity index is 3590. The summed E-state index contributed by atoms with van der Waals surface area (Å²) in [4.78, 5) is 2.39. The quantitative estimate of drug-likeness (QED) is 0.155. The van der Waals surface area contributed by atoms with Gasteiger partial charge in [0.25, 0.3) is 0 Å². The molecule has 0 unspecified atom stereocenters. The minimum absolute atomic E-state index is 1.10. The number of rotatable bonds is 7. The van der Waals surface area contributed by atoms with E-state index in [1.165, 1.54) is 95.6 Å². The predicted octanol–water partition coefficient (Wildman–Crippen LogP) is 17.7. The number of benzene rings is 10. The van der Waals surface area contributed by atoms with E-state index in [0.717, 1.165) is 17.1 Å². The van der Waals surface area contributed by atoms with Crippen molar-refractivity contribution in [2.75, 3.05) is 4.90 Å². The van der Waals surface area contributed by atoms with Gasteiger partial charge in [-0.25, -0.2) is 0 Å². The van der Waals surface area contributed by atoms with Gasteiger partial charge in [-0.3, -0.25) is 0 Å². The molecule has 0 aliphatic rings. The summed E-state index contributed by atoms with van der Waals surface area (Å²) in [5.74, 6) is 0. The maximum Gasteiger partial charge on any atom is 0.0467 e. The molecule has 2 aromatic heterocycles. The molecule has 0 radical (unpaired) electrons. The second-order valence-electron chi connectivity index (χ2n) is 15.7. The smallest absolute Gasteiger partial charge is 0.0467 e. The van der Waals surface area contributed by atoms with Gasteiger partial charge in [-0.1, -0.05) is 158 Å². The highest BCUT2D eigenvalue weighted by Gasteiger charge is 2.17. The lowest BCUT2D eigenvalue weighted by Gasteiger charge is -2.26. The zero-order valence-electron chi connectivity index (χ0n) is 33.1. The summed E-state index contributed by atoms with van der Waals surface area (Å²) < 4.78 is 5.30. The highest BCUT2D eigenvalue weighted by molar-refractivity contribution is 7.26. The van der Waals surface area contributed by atoms with Crippen LogP contribution in [0.25, 0.3) is 95.6 Å². The lowest BCUT2D eigenvalue weighted by molar-refractivity contribution is 1.28. The van der Waals surface area contributed by atoms with Crippen molar-refractivity contribution in [3.05, 3.63) is 224 Å². The van der Waals surface area contributed by atoms with Crippen LogP contribution >= 0.6 is 22.7 Å². The Labute approximate surface area is 362 Å². The van der Waals surface area contributed by atoms with Crippen molar-refractivity contribution in [2.24, 2.45) is 0 Å². The van der Waals surface area contributed by atoms with Crippen LogP contribution in [-0.2, 0) is 0 Å². The molecule has 0 aliphatic heterocycles. The van der Waals surface area contributed by atoms with Gasteiger partial charge in [-0.05, 0) is 122 Å². The maximum atomic E-state index is 2.39. The van der Waals surface area contributed by atoms with E-state index in [0.29, 0.717) is 0 Å². The van der Waals surface area contributed by atoms with Crippen molar-refractivity contribution in [1.29, 1.82) is 0 Å². The summed E-state index contributed by atoms with van der Waals surface area (Å²) in [5, 5.41) is 7.79. The third-order valence-electron chi connectivity index (χ3n) is 12.1. The molecule has 3 heteroatoms. The second-order valence-corrected chi connectivity index (χ2v) is 17.8. The standard InChI is InChI=1S/C58H37NS2/c1-2-12-41-35-44(26-25-38(41)11-1)39-27-31-46(32-28-39)59(47-33-29-40(30-34-47)49-19-10-24-56-57(49)53-18-4-6-23-55(53)60-56)48-16-8-14-43(37-48)42-13-7-15-45(36-42)50-20-9-21-52-51-17-3-5-22-54(51)61-58(50)52/h1-37H. The number of anilines is 3. The predicted molar refractivity (Wildman–Crippen MR) is 266 cm³/mol.